The van der Waals surface area contributed by atoms with Crippen molar-refractivity contribution in [3.05, 3.63) is 64.1 Å². The highest BCUT2D eigenvalue weighted by molar-refractivity contribution is 9.10. The van der Waals surface area contributed by atoms with Gasteiger partial charge in [-0.05, 0) is 47.0 Å². The van der Waals surface area contributed by atoms with E-state index in [1.165, 1.54) is 21.3 Å². The molecule has 2 aromatic rings. The Kier molecular flexibility index (Phi) is 4.32. The van der Waals surface area contributed by atoms with Crippen molar-refractivity contribution in [3.8, 4) is 0 Å². The number of hydrogen-bond acceptors (Lipinski definition) is 2. The van der Waals surface area contributed by atoms with Crippen molar-refractivity contribution >= 4 is 21.6 Å². The van der Waals surface area contributed by atoms with Gasteiger partial charge < -0.3 is 10.2 Å². The Morgan fingerprint density at radius 3 is 2.62 bits per heavy atom. The molecule has 21 heavy (non-hydrogen) atoms. The second-order valence-electron chi connectivity index (χ2n) is 5.80. The molecule has 0 radical (unpaired) electrons. The topological polar surface area (TPSA) is 15.3 Å². The van der Waals surface area contributed by atoms with Gasteiger partial charge in [0, 0.05) is 23.6 Å². The summed E-state index contributed by atoms with van der Waals surface area (Å²) in [6.07, 6.45) is 0. The first-order chi connectivity index (χ1) is 10.2. The Morgan fingerprint density at radius 2 is 1.86 bits per heavy atom. The van der Waals surface area contributed by atoms with Gasteiger partial charge in [0.15, 0.2) is 0 Å². The van der Waals surface area contributed by atoms with E-state index in [0.717, 1.165) is 13.1 Å². The van der Waals surface area contributed by atoms with Gasteiger partial charge in [-0.25, -0.2) is 0 Å². The lowest BCUT2D eigenvalue weighted by atomic mass is 10.00. The lowest BCUT2D eigenvalue weighted by Gasteiger charge is -2.42. The number of anilines is 1. The Morgan fingerprint density at radius 1 is 1.10 bits per heavy atom. The minimum atomic E-state index is 0.375. The van der Waals surface area contributed by atoms with Crippen LogP contribution < -0.4 is 10.2 Å². The van der Waals surface area contributed by atoms with Crippen LogP contribution in [0.25, 0.3) is 0 Å². The first kappa shape index (κ1) is 14.6. The van der Waals surface area contributed by atoms with Gasteiger partial charge >= 0.3 is 0 Å². The zero-order valence-electron chi connectivity index (χ0n) is 12.5. The van der Waals surface area contributed by atoms with Crippen LogP contribution in [-0.2, 0) is 0 Å². The normalized spacial score (nSPS) is 22.3. The Hall–Kier alpha value is -1.32. The number of aryl methyl sites for hydroxylation is 1. The van der Waals surface area contributed by atoms with E-state index in [9.17, 15) is 0 Å². The highest BCUT2D eigenvalue weighted by Gasteiger charge is 2.28. The molecule has 2 nitrogen and oxygen atoms in total. The van der Waals surface area contributed by atoms with Gasteiger partial charge in [0.1, 0.15) is 0 Å². The third kappa shape index (κ3) is 2.99. The first-order valence-electron chi connectivity index (χ1n) is 7.47. The summed E-state index contributed by atoms with van der Waals surface area (Å²) in [4.78, 5) is 2.52. The Bertz CT molecular complexity index is 612. The van der Waals surface area contributed by atoms with Crippen molar-refractivity contribution in [3.63, 3.8) is 0 Å². The van der Waals surface area contributed by atoms with E-state index in [4.69, 9.17) is 0 Å². The predicted octanol–water partition coefficient (Wildman–Crippen LogP) is 4.30. The fourth-order valence-corrected chi connectivity index (χ4v) is 3.49. The summed E-state index contributed by atoms with van der Waals surface area (Å²) in [6.45, 7) is 6.39. The zero-order valence-corrected chi connectivity index (χ0v) is 14.1. The molecule has 3 heteroatoms. The molecule has 0 saturated carbocycles. The van der Waals surface area contributed by atoms with Gasteiger partial charge in [-0.15, -0.1) is 0 Å². The molecule has 1 aliphatic heterocycles. The van der Waals surface area contributed by atoms with Crippen molar-refractivity contribution in [2.75, 3.05) is 18.0 Å². The summed E-state index contributed by atoms with van der Waals surface area (Å²) in [6, 6.07) is 18.1. The minimum absolute atomic E-state index is 0.375. The Balaban J connectivity index is 2.01. The molecular formula is C18H21BrN2. The smallest absolute Gasteiger partial charge is 0.0668 e. The molecule has 1 saturated heterocycles. The van der Waals surface area contributed by atoms with E-state index < -0.39 is 0 Å². The van der Waals surface area contributed by atoms with Crippen LogP contribution in [0.4, 0.5) is 5.69 Å². The number of rotatable bonds is 2. The van der Waals surface area contributed by atoms with E-state index in [1.807, 2.05) is 0 Å². The summed E-state index contributed by atoms with van der Waals surface area (Å²) in [5.74, 6) is 0. The molecule has 110 valence electrons. The average molecular weight is 345 g/mol. The second-order valence-corrected chi connectivity index (χ2v) is 6.59. The molecule has 2 unspecified atom stereocenters. The van der Waals surface area contributed by atoms with Crippen molar-refractivity contribution in [1.82, 2.24) is 5.32 Å². The van der Waals surface area contributed by atoms with Gasteiger partial charge in [-0.2, -0.15) is 0 Å². The predicted molar refractivity (Wildman–Crippen MR) is 92.9 cm³/mol. The highest BCUT2D eigenvalue weighted by Crippen LogP contribution is 2.36. The monoisotopic (exact) mass is 344 g/mol. The molecule has 0 aliphatic carbocycles. The molecule has 2 aromatic carbocycles. The molecule has 3 rings (SSSR count). The fourth-order valence-electron chi connectivity index (χ4n) is 3.00. The summed E-state index contributed by atoms with van der Waals surface area (Å²) in [7, 11) is 0. The molecular weight excluding hydrogens is 324 g/mol. The molecule has 1 aliphatic rings. The van der Waals surface area contributed by atoms with E-state index in [0.29, 0.717) is 12.1 Å². The molecule has 0 amide bonds. The number of piperazine rings is 1. The van der Waals surface area contributed by atoms with Crippen LogP contribution in [0.15, 0.2) is 53.0 Å². The number of nitrogens with one attached hydrogen (secondary N) is 1. The lowest BCUT2D eigenvalue weighted by Crippen LogP contribution is -2.51. The van der Waals surface area contributed by atoms with E-state index in [-0.39, 0.29) is 0 Å². The zero-order chi connectivity index (χ0) is 14.8. The minimum Gasteiger partial charge on any atom is -0.361 e. The Labute approximate surface area is 135 Å². The maximum Gasteiger partial charge on any atom is 0.0668 e. The fraction of sp³-hybridized carbons (Fsp3) is 0.333. The maximum absolute atomic E-state index is 3.77. The van der Waals surface area contributed by atoms with Crippen molar-refractivity contribution in [2.45, 2.75) is 25.9 Å². The largest absolute Gasteiger partial charge is 0.361 e. The maximum atomic E-state index is 3.77. The van der Waals surface area contributed by atoms with Crippen molar-refractivity contribution < 1.29 is 0 Å². The SMILES string of the molecule is Cc1cccc(N2CC(C)NCC2c2ccccc2)c1Br. The molecule has 1 heterocycles. The van der Waals surface area contributed by atoms with Gasteiger partial charge in [0.25, 0.3) is 0 Å². The number of nitrogens with zero attached hydrogens (tertiary/aromatic N) is 1. The van der Waals surface area contributed by atoms with Gasteiger partial charge in [-0.3, -0.25) is 0 Å². The van der Waals surface area contributed by atoms with Gasteiger partial charge in [-0.1, -0.05) is 42.5 Å². The quantitative estimate of drug-likeness (QED) is 0.873. The number of halogens is 1. The van der Waals surface area contributed by atoms with Gasteiger partial charge in [0.2, 0.25) is 0 Å². The average Bonchev–Trinajstić information content (AvgIpc) is 2.51. The van der Waals surface area contributed by atoms with Crippen LogP contribution in [0.2, 0.25) is 0 Å². The van der Waals surface area contributed by atoms with Crippen LogP contribution in [0, 0.1) is 6.92 Å². The van der Waals surface area contributed by atoms with E-state index >= 15 is 0 Å². The van der Waals surface area contributed by atoms with Crippen LogP contribution in [0.3, 0.4) is 0 Å². The molecule has 0 spiro atoms. The summed E-state index contributed by atoms with van der Waals surface area (Å²) >= 11 is 3.77. The van der Waals surface area contributed by atoms with Crippen molar-refractivity contribution in [1.29, 1.82) is 0 Å². The third-order valence-electron chi connectivity index (χ3n) is 4.17. The summed E-state index contributed by atoms with van der Waals surface area (Å²) in [5.41, 5.74) is 3.94. The van der Waals surface area contributed by atoms with Crippen LogP contribution in [0.1, 0.15) is 24.1 Å². The highest BCUT2D eigenvalue weighted by atomic mass is 79.9. The van der Waals surface area contributed by atoms with Gasteiger partial charge in [0.05, 0.1) is 11.7 Å². The van der Waals surface area contributed by atoms with Crippen molar-refractivity contribution in [2.24, 2.45) is 0 Å². The summed E-state index contributed by atoms with van der Waals surface area (Å²) < 4.78 is 1.21. The second kappa shape index (κ2) is 6.20. The first-order valence-corrected chi connectivity index (χ1v) is 8.26. The van der Waals surface area contributed by atoms with Crippen LogP contribution in [0.5, 0.6) is 0 Å². The van der Waals surface area contributed by atoms with Crippen LogP contribution in [-0.4, -0.2) is 19.1 Å². The van der Waals surface area contributed by atoms with E-state index in [1.54, 1.807) is 0 Å². The standard InChI is InChI=1S/C18H21BrN2/c1-13-7-6-10-16(18(13)19)21-12-14(2)20-11-17(21)15-8-4-3-5-9-15/h3-10,14,17,20H,11-12H2,1-2H3. The summed E-state index contributed by atoms with van der Waals surface area (Å²) in [5, 5.41) is 3.61. The molecule has 0 bridgehead atoms. The van der Waals surface area contributed by atoms with E-state index in [2.05, 4.69) is 88.5 Å². The molecule has 2 atom stereocenters. The third-order valence-corrected chi connectivity index (χ3v) is 5.20. The molecule has 1 N–H and O–H groups in total. The van der Waals surface area contributed by atoms with Crippen LogP contribution >= 0.6 is 15.9 Å². The molecule has 0 aromatic heterocycles. The molecule has 1 fully saturated rings. The lowest BCUT2D eigenvalue weighted by molar-refractivity contribution is 0.416. The number of hydrogen-bond donors (Lipinski definition) is 1. The number of benzene rings is 2.